The molecule has 0 fully saturated rings. The van der Waals surface area contributed by atoms with Gasteiger partial charge in [0.25, 0.3) is 0 Å². The van der Waals surface area contributed by atoms with Crippen molar-refractivity contribution in [2.24, 2.45) is 0 Å². The van der Waals surface area contributed by atoms with Gasteiger partial charge in [-0.05, 0) is 24.3 Å². The zero-order valence-electron chi connectivity index (χ0n) is 5.64. The fraction of sp³-hybridized carbons (Fsp3) is 0.667. The third-order valence-electron chi connectivity index (χ3n) is 0.732. The quantitative estimate of drug-likeness (QED) is 0.479. The summed E-state index contributed by atoms with van der Waals surface area (Å²) in [5.41, 5.74) is 0. The summed E-state index contributed by atoms with van der Waals surface area (Å²) in [6.07, 6.45) is 0. The Morgan fingerprint density at radius 3 is 2.50 bits per heavy atom. The lowest BCUT2D eigenvalue weighted by atomic mass is 10.9. The van der Waals surface area contributed by atoms with Crippen LogP contribution < -0.4 is 0 Å². The average Bonchev–Trinajstić information content (AvgIpc) is 1.87. The molecule has 0 saturated heterocycles. The second-order valence-electron chi connectivity index (χ2n) is 1.52. The van der Waals surface area contributed by atoms with Gasteiger partial charge in [-0.15, -0.1) is 0 Å². The molecule has 0 aromatic carbocycles. The second kappa shape index (κ2) is 7.76. The predicted molar refractivity (Wildman–Crippen MR) is 50.9 cm³/mol. The molecule has 1 nitrogen and oxygen atoms in total. The molecular formula is C6H10ClOS2. The fourth-order valence-electron chi connectivity index (χ4n) is 0.372. The molecule has 10 heavy (non-hydrogen) atoms. The molecule has 0 rings (SSSR count). The molecule has 0 bridgehead atoms. The first-order chi connectivity index (χ1) is 4.77. The number of rotatable bonds is 6. The van der Waals surface area contributed by atoms with E-state index in [1.54, 1.807) is 23.5 Å². The van der Waals surface area contributed by atoms with Crippen molar-refractivity contribution in [2.75, 3.05) is 23.0 Å². The normalized spacial score (nSPS) is 9.80. The van der Waals surface area contributed by atoms with Gasteiger partial charge in [0.1, 0.15) is 0 Å². The highest BCUT2D eigenvalue weighted by atomic mass is 35.5. The molecule has 0 aromatic heterocycles. The van der Waals surface area contributed by atoms with Crippen molar-refractivity contribution in [1.82, 2.24) is 0 Å². The summed E-state index contributed by atoms with van der Waals surface area (Å²) in [4.78, 5) is 10.2. The van der Waals surface area contributed by atoms with Crippen LogP contribution in [-0.4, -0.2) is 28.3 Å². The van der Waals surface area contributed by atoms with Crippen molar-refractivity contribution in [2.45, 2.75) is 0 Å². The minimum atomic E-state index is -0.260. The van der Waals surface area contributed by atoms with Crippen LogP contribution >= 0.6 is 35.1 Å². The molecule has 0 aliphatic carbocycles. The molecule has 0 unspecified atom stereocenters. The number of thioether (sulfide) groups is 2. The van der Waals surface area contributed by atoms with Crippen molar-refractivity contribution in [3.63, 3.8) is 0 Å². The number of hydrogen-bond donors (Lipinski definition) is 0. The van der Waals surface area contributed by atoms with E-state index in [4.69, 9.17) is 11.6 Å². The number of hydrogen-bond acceptors (Lipinski definition) is 3. The maximum Gasteiger partial charge on any atom is 0.231 e. The van der Waals surface area contributed by atoms with E-state index in [-0.39, 0.29) is 5.24 Å². The van der Waals surface area contributed by atoms with Crippen molar-refractivity contribution >= 4 is 40.4 Å². The minimum Gasteiger partial charge on any atom is -0.280 e. The molecular weight excluding hydrogens is 188 g/mol. The van der Waals surface area contributed by atoms with Gasteiger partial charge < -0.3 is 0 Å². The van der Waals surface area contributed by atoms with E-state index in [1.165, 1.54) is 0 Å². The Morgan fingerprint density at radius 2 is 2.00 bits per heavy atom. The van der Waals surface area contributed by atoms with Crippen LogP contribution in [0.25, 0.3) is 0 Å². The van der Waals surface area contributed by atoms with Gasteiger partial charge in [0.05, 0.1) is 5.75 Å². The molecule has 4 heteroatoms. The number of carbonyl (C=O) groups excluding carboxylic acids is 1. The third-order valence-corrected chi connectivity index (χ3v) is 3.02. The SMILES string of the molecule is [CH2]CSCCSCC(=O)Cl. The maximum absolute atomic E-state index is 10.2. The molecule has 0 N–H and O–H groups in total. The first kappa shape index (κ1) is 10.7. The van der Waals surface area contributed by atoms with Gasteiger partial charge in [-0.3, -0.25) is 4.79 Å². The first-order valence-electron chi connectivity index (χ1n) is 2.90. The molecule has 0 aromatic rings. The van der Waals surface area contributed by atoms with Crippen LogP contribution in [0.5, 0.6) is 0 Å². The molecule has 0 amide bonds. The standard InChI is InChI=1S/C6H10ClOS2/c1-2-9-3-4-10-5-6(7)8/h1-5H2. The summed E-state index contributed by atoms with van der Waals surface area (Å²) in [5, 5.41) is -0.260. The Bertz CT molecular complexity index is 97.7. The van der Waals surface area contributed by atoms with E-state index < -0.39 is 0 Å². The lowest BCUT2D eigenvalue weighted by Crippen LogP contribution is -1.93. The highest BCUT2D eigenvalue weighted by molar-refractivity contribution is 8.03. The van der Waals surface area contributed by atoms with Gasteiger partial charge in [-0.2, -0.15) is 23.5 Å². The van der Waals surface area contributed by atoms with Crippen molar-refractivity contribution in [3.05, 3.63) is 6.92 Å². The van der Waals surface area contributed by atoms with Gasteiger partial charge in [0.2, 0.25) is 5.24 Å². The van der Waals surface area contributed by atoms with Gasteiger partial charge in [-0.25, -0.2) is 0 Å². The third kappa shape index (κ3) is 8.66. The van der Waals surface area contributed by atoms with Crippen molar-refractivity contribution < 1.29 is 4.79 Å². The van der Waals surface area contributed by atoms with E-state index in [9.17, 15) is 4.79 Å². The van der Waals surface area contributed by atoms with Crippen LogP contribution in [0.4, 0.5) is 0 Å². The zero-order chi connectivity index (χ0) is 7.82. The van der Waals surface area contributed by atoms with Crippen molar-refractivity contribution in [1.29, 1.82) is 0 Å². The van der Waals surface area contributed by atoms with Gasteiger partial charge >= 0.3 is 0 Å². The first-order valence-corrected chi connectivity index (χ1v) is 5.59. The van der Waals surface area contributed by atoms with E-state index in [0.29, 0.717) is 5.75 Å². The van der Waals surface area contributed by atoms with Gasteiger partial charge in [0.15, 0.2) is 0 Å². The lowest BCUT2D eigenvalue weighted by molar-refractivity contribution is -0.109. The molecule has 0 spiro atoms. The highest BCUT2D eigenvalue weighted by Crippen LogP contribution is 2.06. The Hall–Kier alpha value is 0.660. The Labute approximate surface area is 75.3 Å². The molecule has 0 heterocycles. The van der Waals surface area contributed by atoms with E-state index in [1.807, 2.05) is 0 Å². The summed E-state index contributed by atoms with van der Waals surface area (Å²) in [6.45, 7) is 3.68. The second-order valence-corrected chi connectivity index (χ2v) is 4.27. The largest absolute Gasteiger partial charge is 0.280 e. The van der Waals surface area contributed by atoms with E-state index >= 15 is 0 Å². The molecule has 0 aliphatic rings. The van der Waals surface area contributed by atoms with Gasteiger partial charge in [-0.1, -0.05) is 0 Å². The molecule has 0 atom stereocenters. The van der Waals surface area contributed by atoms with Crippen LogP contribution in [0, 0.1) is 6.92 Å². The summed E-state index contributed by atoms with van der Waals surface area (Å²) in [6, 6.07) is 0. The maximum atomic E-state index is 10.2. The lowest BCUT2D eigenvalue weighted by Gasteiger charge is -1.95. The zero-order valence-corrected chi connectivity index (χ0v) is 8.03. The Balaban J connectivity index is 2.84. The topological polar surface area (TPSA) is 17.1 Å². The highest BCUT2D eigenvalue weighted by Gasteiger charge is 1.94. The predicted octanol–water partition coefficient (Wildman–Crippen LogP) is 2.05. The van der Waals surface area contributed by atoms with Crippen LogP contribution in [0.1, 0.15) is 0 Å². The number of halogens is 1. The Morgan fingerprint density at radius 1 is 1.40 bits per heavy atom. The van der Waals surface area contributed by atoms with Gasteiger partial charge in [0, 0.05) is 11.5 Å². The summed E-state index contributed by atoms with van der Waals surface area (Å²) in [7, 11) is 0. The van der Waals surface area contributed by atoms with Crippen LogP contribution in [0.2, 0.25) is 0 Å². The minimum absolute atomic E-state index is 0.260. The van der Waals surface area contributed by atoms with Crippen LogP contribution in [0.3, 0.4) is 0 Å². The summed E-state index contributed by atoms with van der Waals surface area (Å²) in [5.74, 6) is 3.37. The molecule has 1 radical (unpaired) electrons. The Kier molecular flexibility index (Phi) is 8.28. The number of carbonyl (C=O) groups is 1. The summed E-state index contributed by atoms with van der Waals surface area (Å²) < 4.78 is 0. The molecule has 0 aliphatic heterocycles. The fourth-order valence-corrected chi connectivity index (χ4v) is 2.06. The molecule has 0 saturated carbocycles. The van der Waals surface area contributed by atoms with E-state index in [0.717, 1.165) is 17.3 Å². The summed E-state index contributed by atoms with van der Waals surface area (Å²) >= 11 is 8.46. The average molecular weight is 198 g/mol. The molecule has 59 valence electrons. The van der Waals surface area contributed by atoms with Crippen molar-refractivity contribution in [3.8, 4) is 0 Å². The monoisotopic (exact) mass is 197 g/mol. The van der Waals surface area contributed by atoms with Crippen LogP contribution in [-0.2, 0) is 4.79 Å². The smallest absolute Gasteiger partial charge is 0.231 e. The van der Waals surface area contributed by atoms with E-state index in [2.05, 4.69) is 6.92 Å². The van der Waals surface area contributed by atoms with Crippen LogP contribution in [0.15, 0.2) is 0 Å².